The summed E-state index contributed by atoms with van der Waals surface area (Å²) in [5, 5.41) is 12.8. The van der Waals surface area contributed by atoms with Crippen LogP contribution in [0.1, 0.15) is 18.4 Å². The molecule has 1 aromatic carbocycles. The van der Waals surface area contributed by atoms with E-state index in [0.29, 0.717) is 16.6 Å². The van der Waals surface area contributed by atoms with Crippen molar-refractivity contribution >= 4 is 40.5 Å². The van der Waals surface area contributed by atoms with Crippen LogP contribution in [0.2, 0.25) is 10.0 Å². The molecule has 2 aliphatic heterocycles. The first-order valence-corrected chi connectivity index (χ1v) is 9.48. The lowest BCUT2D eigenvalue weighted by Crippen LogP contribution is -2.58. The first kappa shape index (κ1) is 17.6. The molecule has 2 N–H and O–H groups in total. The minimum absolute atomic E-state index is 0.182. The maximum absolute atomic E-state index is 6.14. The lowest BCUT2D eigenvalue weighted by molar-refractivity contribution is 0.238. The number of nitrogens with zero attached hydrogens (tertiary/aromatic N) is 4. The molecule has 4 rings (SSSR count). The summed E-state index contributed by atoms with van der Waals surface area (Å²) in [7, 11) is 4.07. The quantitative estimate of drug-likeness (QED) is 0.821. The van der Waals surface area contributed by atoms with Gasteiger partial charge in [0.2, 0.25) is 0 Å². The highest BCUT2D eigenvalue weighted by molar-refractivity contribution is 6.42. The lowest BCUT2D eigenvalue weighted by Gasteiger charge is -2.44. The van der Waals surface area contributed by atoms with E-state index in [1.807, 2.05) is 31.4 Å². The van der Waals surface area contributed by atoms with E-state index in [0.717, 1.165) is 48.8 Å². The Morgan fingerprint density at radius 1 is 1.19 bits per heavy atom. The average Bonchev–Trinajstić information content (AvgIpc) is 2.97. The summed E-state index contributed by atoms with van der Waals surface area (Å²) in [6.07, 6.45) is 3.98. The average molecular weight is 393 g/mol. The second-order valence-corrected chi connectivity index (χ2v) is 7.93. The van der Waals surface area contributed by atoms with Crippen molar-refractivity contribution in [1.82, 2.24) is 20.0 Å². The van der Waals surface area contributed by atoms with Crippen molar-refractivity contribution in [3.05, 3.63) is 40.0 Å². The highest BCUT2D eigenvalue weighted by Gasteiger charge is 2.42. The Kier molecular flexibility index (Phi) is 4.59. The summed E-state index contributed by atoms with van der Waals surface area (Å²) in [6, 6.07) is 5.69. The van der Waals surface area contributed by atoms with Crippen molar-refractivity contribution in [1.29, 1.82) is 0 Å². The van der Waals surface area contributed by atoms with Gasteiger partial charge in [-0.3, -0.25) is 4.68 Å². The van der Waals surface area contributed by atoms with Gasteiger partial charge in [-0.15, -0.1) is 0 Å². The highest BCUT2D eigenvalue weighted by Crippen LogP contribution is 2.37. The molecule has 0 unspecified atom stereocenters. The maximum atomic E-state index is 6.14. The maximum Gasteiger partial charge on any atom is 0.199 e. The van der Waals surface area contributed by atoms with E-state index in [2.05, 4.69) is 27.7 Å². The number of amidine groups is 1. The van der Waals surface area contributed by atoms with E-state index < -0.39 is 0 Å². The standard InChI is InChI=1S/C18H22Cl2N6/c1-25-7-5-18(6-8-25)17(22-16-15(23-18)11-26(2)24-16)21-10-12-3-4-13(19)14(20)9-12/h3-4,9,11,23H,5-8,10H2,1-2H3,(H,21,22,24). The predicted molar refractivity (Wildman–Crippen MR) is 107 cm³/mol. The van der Waals surface area contributed by atoms with Gasteiger partial charge in [0.25, 0.3) is 0 Å². The fourth-order valence-electron chi connectivity index (χ4n) is 3.58. The first-order valence-electron chi connectivity index (χ1n) is 8.72. The molecule has 0 radical (unpaired) electrons. The number of halogens is 2. The zero-order chi connectivity index (χ0) is 18.3. The molecule has 138 valence electrons. The van der Waals surface area contributed by atoms with E-state index in [1.54, 1.807) is 4.68 Å². The van der Waals surface area contributed by atoms with Gasteiger partial charge in [0.1, 0.15) is 11.5 Å². The molecule has 0 atom stereocenters. The summed E-state index contributed by atoms with van der Waals surface area (Å²) in [5.74, 6) is 1.68. The van der Waals surface area contributed by atoms with Crippen molar-refractivity contribution < 1.29 is 0 Å². The Morgan fingerprint density at radius 3 is 2.69 bits per heavy atom. The van der Waals surface area contributed by atoms with Crippen LogP contribution in [0, 0.1) is 0 Å². The van der Waals surface area contributed by atoms with Crippen LogP contribution in [0.15, 0.2) is 29.4 Å². The van der Waals surface area contributed by atoms with Crippen LogP contribution in [0.3, 0.4) is 0 Å². The Bertz CT molecular complexity index is 851. The van der Waals surface area contributed by atoms with Crippen molar-refractivity contribution in [2.75, 3.05) is 25.5 Å². The number of fused-ring (bicyclic) bond motifs is 1. The molecule has 1 aromatic heterocycles. The zero-order valence-corrected chi connectivity index (χ0v) is 16.4. The molecule has 0 bridgehead atoms. The zero-order valence-electron chi connectivity index (χ0n) is 14.9. The number of aromatic nitrogens is 2. The third-order valence-corrected chi connectivity index (χ3v) is 5.88. The number of anilines is 1. The van der Waals surface area contributed by atoms with Crippen LogP contribution in [0.5, 0.6) is 0 Å². The fourth-order valence-corrected chi connectivity index (χ4v) is 3.90. The number of likely N-dealkylation sites (tertiary alicyclic amines) is 1. The van der Waals surface area contributed by atoms with Crippen LogP contribution in [0.25, 0.3) is 0 Å². The van der Waals surface area contributed by atoms with Gasteiger partial charge in [0, 0.05) is 26.7 Å². The van der Waals surface area contributed by atoms with Gasteiger partial charge in [-0.25, -0.2) is 4.99 Å². The molecule has 3 heterocycles. The molecule has 0 amide bonds. The molecular formula is C18H22Cl2N6. The SMILES string of the molecule is CN1CCC2(CC1)Nc1cn(C)nc1N=C2NCc1ccc(Cl)c(Cl)c1. The van der Waals surface area contributed by atoms with E-state index >= 15 is 0 Å². The number of benzene rings is 1. The number of piperidine rings is 1. The molecule has 6 nitrogen and oxygen atoms in total. The Balaban J connectivity index is 1.61. The van der Waals surface area contributed by atoms with Gasteiger partial charge >= 0.3 is 0 Å². The van der Waals surface area contributed by atoms with Crippen molar-refractivity contribution in [2.45, 2.75) is 24.9 Å². The summed E-state index contributed by atoms with van der Waals surface area (Å²) in [4.78, 5) is 7.21. The van der Waals surface area contributed by atoms with E-state index in [1.165, 1.54) is 0 Å². The largest absolute Gasteiger partial charge is 0.368 e. The van der Waals surface area contributed by atoms with E-state index in [4.69, 9.17) is 28.2 Å². The molecule has 2 aliphatic rings. The lowest BCUT2D eigenvalue weighted by atomic mass is 9.84. The first-order chi connectivity index (χ1) is 12.4. The number of nitrogens with one attached hydrogen (secondary N) is 2. The number of aryl methyl sites for hydroxylation is 1. The molecular weight excluding hydrogens is 371 g/mol. The number of hydrogen-bond donors (Lipinski definition) is 2. The molecule has 26 heavy (non-hydrogen) atoms. The minimum atomic E-state index is -0.182. The number of rotatable bonds is 2. The van der Waals surface area contributed by atoms with Crippen molar-refractivity contribution in [2.24, 2.45) is 12.0 Å². The number of hydrogen-bond acceptors (Lipinski definition) is 5. The summed E-state index contributed by atoms with van der Waals surface area (Å²) < 4.78 is 1.80. The third-order valence-electron chi connectivity index (χ3n) is 5.14. The highest BCUT2D eigenvalue weighted by atomic mass is 35.5. The van der Waals surface area contributed by atoms with Crippen LogP contribution >= 0.6 is 23.2 Å². The second-order valence-electron chi connectivity index (χ2n) is 7.11. The second kappa shape index (κ2) is 6.76. The molecule has 2 aromatic rings. The smallest absolute Gasteiger partial charge is 0.199 e. The molecule has 0 aliphatic carbocycles. The van der Waals surface area contributed by atoms with Crippen LogP contribution in [-0.2, 0) is 13.6 Å². The Morgan fingerprint density at radius 2 is 1.96 bits per heavy atom. The third kappa shape index (κ3) is 3.29. The monoisotopic (exact) mass is 392 g/mol. The normalized spacial score (nSPS) is 19.0. The summed E-state index contributed by atoms with van der Waals surface area (Å²) >= 11 is 12.2. The van der Waals surface area contributed by atoms with Gasteiger partial charge in [0.15, 0.2) is 5.82 Å². The minimum Gasteiger partial charge on any atom is -0.368 e. The number of aliphatic imine (C=N–C) groups is 1. The Labute approximate surface area is 163 Å². The van der Waals surface area contributed by atoms with Crippen LogP contribution < -0.4 is 10.6 Å². The van der Waals surface area contributed by atoms with Gasteiger partial charge in [-0.1, -0.05) is 29.3 Å². The van der Waals surface area contributed by atoms with Crippen molar-refractivity contribution in [3.8, 4) is 0 Å². The molecule has 8 heteroatoms. The van der Waals surface area contributed by atoms with Gasteiger partial charge < -0.3 is 15.5 Å². The van der Waals surface area contributed by atoms with Gasteiger partial charge in [-0.2, -0.15) is 5.10 Å². The van der Waals surface area contributed by atoms with Gasteiger partial charge in [-0.05, 0) is 37.6 Å². The predicted octanol–water partition coefficient (Wildman–Crippen LogP) is 3.44. The molecule has 1 saturated heterocycles. The Hall–Kier alpha value is -1.76. The van der Waals surface area contributed by atoms with Gasteiger partial charge in [0.05, 0.1) is 21.8 Å². The van der Waals surface area contributed by atoms with Crippen molar-refractivity contribution in [3.63, 3.8) is 0 Å². The van der Waals surface area contributed by atoms with Crippen LogP contribution in [0.4, 0.5) is 11.5 Å². The molecule has 0 saturated carbocycles. The van der Waals surface area contributed by atoms with E-state index in [9.17, 15) is 0 Å². The molecule has 1 spiro atoms. The summed E-state index contributed by atoms with van der Waals surface area (Å²) in [6.45, 7) is 2.68. The topological polar surface area (TPSA) is 57.5 Å². The fraction of sp³-hybridized carbons (Fsp3) is 0.444. The summed E-state index contributed by atoms with van der Waals surface area (Å²) in [5.41, 5.74) is 1.88. The molecule has 1 fully saturated rings. The van der Waals surface area contributed by atoms with Crippen LogP contribution in [-0.4, -0.2) is 46.2 Å². The van der Waals surface area contributed by atoms with E-state index in [-0.39, 0.29) is 5.54 Å².